The molecule has 0 saturated heterocycles. The first-order valence-electron chi connectivity index (χ1n) is 6.67. The zero-order valence-corrected chi connectivity index (χ0v) is 13.0. The highest BCUT2D eigenvalue weighted by molar-refractivity contribution is 6.53. The summed E-state index contributed by atoms with van der Waals surface area (Å²) >= 11 is 12.1. The SMILES string of the molecule is CC1(C(=O)Nc2ccccc2Cn2cccn2)CC1(Cl)Cl. The van der Waals surface area contributed by atoms with E-state index in [-0.39, 0.29) is 5.91 Å². The van der Waals surface area contributed by atoms with Gasteiger partial charge in [-0.1, -0.05) is 18.2 Å². The molecule has 1 fully saturated rings. The van der Waals surface area contributed by atoms with Crippen LogP contribution in [-0.4, -0.2) is 20.0 Å². The van der Waals surface area contributed by atoms with E-state index in [0.717, 1.165) is 11.3 Å². The van der Waals surface area contributed by atoms with Gasteiger partial charge in [-0.3, -0.25) is 9.48 Å². The van der Waals surface area contributed by atoms with Gasteiger partial charge >= 0.3 is 0 Å². The van der Waals surface area contributed by atoms with Crippen LogP contribution in [0, 0.1) is 5.41 Å². The first-order chi connectivity index (χ1) is 9.92. The number of rotatable bonds is 4. The predicted molar refractivity (Wildman–Crippen MR) is 83.6 cm³/mol. The molecule has 21 heavy (non-hydrogen) atoms. The molecule has 1 unspecified atom stereocenters. The highest BCUT2D eigenvalue weighted by Gasteiger charge is 2.67. The Morgan fingerprint density at radius 2 is 2.10 bits per heavy atom. The third kappa shape index (κ3) is 2.65. The van der Waals surface area contributed by atoms with Gasteiger partial charge in [0.25, 0.3) is 0 Å². The Bertz CT molecular complexity index is 669. The maximum absolute atomic E-state index is 12.4. The van der Waals surface area contributed by atoms with E-state index < -0.39 is 9.75 Å². The van der Waals surface area contributed by atoms with Gasteiger partial charge in [-0.25, -0.2) is 0 Å². The number of para-hydroxylation sites is 1. The van der Waals surface area contributed by atoms with Crippen molar-refractivity contribution in [2.24, 2.45) is 5.41 Å². The molecule has 0 aliphatic heterocycles. The summed E-state index contributed by atoms with van der Waals surface area (Å²) in [5, 5.41) is 7.11. The highest BCUT2D eigenvalue weighted by atomic mass is 35.5. The van der Waals surface area contributed by atoms with E-state index in [1.807, 2.05) is 36.5 Å². The van der Waals surface area contributed by atoms with E-state index in [1.54, 1.807) is 17.8 Å². The van der Waals surface area contributed by atoms with E-state index in [9.17, 15) is 4.79 Å². The lowest BCUT2D eigenvalue weighted by Gasteiger charge is -2.15. The Kier molecular flexibility index (Phi) is 3.46. The molecule has 1 amide bonds. The molecule has 1 aliphatic rings. The van der Waals surface area contributed by atoms with Crippen molar-refractivity contribution in [1.29, 1.82) is 0 Å². The van der Waals surface area contributed by atoms with Crippen molar-refractivity contribution in [1.82, 2.24) is 9.78 Å². The Morgan fingerprint density at radius 1 is 1.38 bits per heavy atom. The number of alkyl halides is 2. The molecular weight excluding hydrogens is 309 g/mol. The number of aromatic nitrogens is 2. The summed E-state index contributed by atoms with van der Waals surface area (Å²) in [6.45, 7) is 2.37. The van der Waals surface area contributed by atoms with Gasteiger partial charge in [0.1, 0.15) is 4.33 Å². The fourth-order valence-corrected chi connectivity index (χ4v) is 2.96. The van der Waals surface area contributed by atoms with Crippen molar-refractivity contribution in [2.45, 2.75) is 24.2 Å². The van der Waals surface area contributed by atoms with E-state index >= 15 is 0 Å². The number of nitrogens with one attached hydrogen (secondary N) is 1. The van der Waals surface area contributed by atoms with Crippen molar-refractivity contribution in [3.05, 3.63) is 48.3 Å². The fraction of sp³-hybridized carbons (Fsp3) is 0.333. The van der Waals surface area contributed by atoms with Crippen LogP contribution < -0.4 is 5.32 Å². The van der Waals surface area contributed by atoms with Gasteiger partial charge in [0.15, 0.2) is 0 Å². The number of hydrogen-bond donors (Lipinski definition) is 1. The molecule has 1 aromatic carbocycles. The van der Waals surface area contributed by atoms with Crippen LogP contribution in [0.4, 0.5) is 5.69 Å². The van der Waals surface area contributed by atoms with Gasteiger partial charge in [0.2, 0.25) is 5.91 Å². The van der Waals surface area contributed by atoms with Crippen molar-refractivity contribution >= 4 is 34.8 Å². The molecule has 1 heterocycles. The molecule has 1 aliphatic carbocycles. The molecule has 4 nitrogen and oxygen atoms in total. The first-order valence-corrected chi connectivity index (χ1v) is 7.43. The van der Waals surface area contributed by atoms with Gasteiger partial charge < -0.3 is 5.32 Å². The van der Waals surface area contributed by atoms with Crippen LogP contribution >= 0.6 is 23.2 Å². The van der Waals surface area contributed by atoms with E-state index in [4.69, 9.17) is 23.2 Å². The Hall–Kier alpha value is -1.52. The summed E-state index contributed by atoms with van der Waals surface area (Å²) in [6, 6.07) is 9.50. The summed E-state index contributed by atoms with van der Waals surface area (Å²) in [5.74, 6) is -0.152. The van der Waals surface area contributed by atoms with Gasteiger partial charge in [-0.15, -0.1) is 23.2 Å². The smallest absolute Gasteiger partial charge is 0.233 e. The number of nitrogens with zero attached hydrogens (tertiary/aromatic N) is 2. The van der Waals surface area contributed by atoms with Crippen molar-refractivity contribution in [3.63, 3.8) is 0 Å². The summed E-state index contributed by atoms with van der Waals surface area (Å²) in [7, 11) is 0. The lowest BCUT2D eigenvalue weighted by Crippen LogP contribution is -2.26. The molecule has 0 spiro atoms. The second-order valence-electron chi connectivity index (χ2n) is 5.53. The Morgan fingerprint density at radius 3 is 2.71 bits per heavy atom. The van der Waals surface area contributed by atoms with Crippen LogP contribution in [0.15, 0.2) is 42.7 Å². The van der Waals surface area contributed by atoms with Gasteiger partial charge in [0, 0.05) is 18.1 Å². The van der Waals surface area contributed by atoms with Crippen LogP contribution in [0.5, 0.6) is 0 Å². The zero-order valence-electron chi connectivity index (χ0n) is 11.5. The average molecular weight is 324 g/mol. The Labute approximate surface area is 133 Å². The molecule has 3 rings (SSSR count). The first kappa shape index (κ1) is 14.4. The molecule has 1 atom stereocenters. The number of carbonyl (C=O) groups is 1. The standard InChI is InChI=1S/C15H15Cl2N3O/c1-14(10-15(14,16)17)13(21)19-12-6-3-2-5-11(12)9-20-8-4-7-18-20/h2-8H,9-10H2,1H3,(H,19,21). The van der Waals surface area contributed by atoms with Crippen molar-refractivity contribution < 1.29 is 4.79 Å². The monoisotopic (exact) mass is 323 g/mol. The van der Waals surface area contributed by atoms with Gasteiger partial charge in [0.05, 0.1) is 12.0 Å². The molecule has 110 valence electrons. The van der Waals surface area contributed by atoms with Gasteiger partial charge in [-0.05, 0) is 31.0 Å². The van der Waals surface area contributed by atoms with Crippen LogP contribution in [-0.2, 0) is 11.3 Å². The molecule has 1 N–H and O–H groups in total. The zero-order chi connectivity index (χ0) is 15.1. The molecular formula is C15H15Cl2N3O. The second kappa shape index (κ2) is 5.04. The quantitative estimate of drug-likeness (QED) is 0.876. The minimum absolute atomic E-state index is 0.152. The number of anilines is 1. The number of amides is 1. The number of carbonyl (C=O) groups excluding carboxylic acids is 1. The predicted octanol–water partition coefficient (Wildman–Crippen LogP) is 3.45. The Balaban J connectivity index is 1.79. The van der Waals surface area contributed by atoms with Crippen LogP contribution in [0.1, 0.15) is 18.9 Å². The van der Waals surface area contributed by atoms with Gasteiger partial charge in [-0.2, -0.15) is 5.10 Å². The normalized spacial score (nSPS) is 22.8. The highest BCUT2D eigenvalue weighted by Crippen LogP contribution is 2.64. The molecule has 6 heteroatoms. The minimum atomic E-state index is -0.964. The lowest BCUT2D eigenvalue weighted by atomic mass is 10.1. The van der Waals surface area contributed by atoms with Crippen molar-refractivity contribution in [2.75, 3.05) is 5.32 Å². The largest absolute Gasteiger partial charge is 0.325 e. The summed E-state index contributed by atoms with van der Waals surface area (Å²) in [5.41, 5.74) is 1.01. The molecule has 0 radical (unpaired) electrons. The minimum Gasteiger partial charge on any atom is -0.325 e. The number of hydrogen-bond acceptors (Lipinski definition) is 2. The summed E-state index contributed by atoms with van der Waals surface area (Å²) < 4.78 is 0.839. The number of benzene rings is 1. The van der Waals surface area contributed by atoms with Crippen molar-refractivity contribution in [3.8, 4) is 0 Å². The maximum Gasteiger partial charge on any atom is 0.233 e. The second-order valence-corrected chi connectivity index (χ2v) is 7.01. The topological polar surface area (TPSA) is 46.9 Å². The third-order valence-electron chi connectivity index (χ3n) is 3.92. The fourth-order valence-electron chi connectivity index (χ4n) is 2.26. The van der Waals surface area contributed by atoms with E-state index in [1.165, 1.54) is 0 Å². The van der Waals surface area contributed by atoms with Crippen LogP contribution in [0.2, 0.25) is 0 Å². The average Bonchev–Trinajstić information content (AvgIpc) is 2.81. The third-order valence-corrected chi connectivity index (χ3v) is 5.02. The molecule has 1 aromatic heterocycles. The molecule has 2 aromatic rings. The molecule has 0 bridgehead atoms. The van der Waals surface area contributed by atoms with Crippen LogP contribution in [0.3, 0.4) is 0 Å². The summed E-state index contributed by atoms with van der Waals surface area (Å²) in [6.07, 6.45) is 4.07. The lowest BCUT2D eigenvalue weighted by molar-refractivity contribution is -0.120. The van der Waals surface area contributed by atoms with Crippen LogP contribution in [0.25, 0.3) is 0 Å². The number of halogens is 2. The molecule has 1 saturated carbocycles. The summed E-state index contributed by atoms with van der Waals surface area (Å²) in [4.78, 5) is 12.4. The maximum atomic E-state index is 12.4. The van der Waals surface area contributed by atoms with E-state index in [0.29, 0.717) is 13.0 Å². The van der Waals surface area contributed by atoms with E-state index in [2.05, 4.69) is 10.4 Å².